The van der Waals surface area contributed by atoms with Crippen molar-refractivity contribution in [2.24, 2.45) is 17.6 Å². The Labute approximate surface area is 120 Å². The van der Waals surface area contributed by atoms with Crippen molar-refractivity contribution in [3.8, 4) is 0 Å². The Morgan fingerprint density at radius 3 is 2.68 bits per heavy atom. The number of nitrogens with two attached hydrogens (primary N) is 1. The monoisotopic (exact) mass is 273 g/mol. The topological polar surface area (TPSA) is 26.0 Å². The molecule has 0 amide bonds. The summed E-state index contributed by atoms with van der Waals surface area (Å²) in [5.74, 6) is 1.09. The number of allylic oxidation sites excluding steroid dienone is 3. The quantitative estimate of drug-likeness (QED) is 0.865. The minimum atomic E-state index is 0.285. The molecule has 0 aliphatic heterocycles. The summed E-state index contributed by atoms with van der Waals surface area (Å²) in [7, 11) is 0. The lowest BCUT2D eigenvalue weighted by Gasteiger charge is -2.38. The zero-order valence-corrected chi connectivity index (χ0v) is 11.8. The van der Waals surface area contributed by atoms with E-state index in [1.165, 1.54) is 17.6 Å². The molecule has 2 aliphatic carbocycles. The smallest absolute Gasteiger partial charge is 0.0186 e. The third-order valence-corrected chi connectivity index (χ3v) is 4.74. The SMILES string of the molecule is NC1CCC2CC(Cl)=CC=C2C1Cc1ccccc1. The molecule has 0 bridgehead atoms. The highest BCUT2D eigenvalue weighted by Crippen LogP contribution is 2.41. The van der Waals surface area contributed by atoms with Crippen molar-refractivity contribution in [1.82, 2.24) is 0 Å². The van der Waals surface area contributed by atoms with Gasteiger partial charge in [0, 0.05) is 11.1 Å². The van der Waals surface area contributed by atoms with Crippen LogP contribution in [0.15, 0.2) is 53.1 Å². The standard InChI is InChI=1S/C17H20ClN/c18-14-7-8-15-13(11-14)6-9-17(19)16(15)10-12-4-2-1-3-5-12/h1-5,7-8,13,16-17H,6,9-11,19H2. The van der Waals surface area contributed by atoms with Crippen LogP contribution in [-0.4, -0.2) is 6.04 Å². The van der Waals surface area contributed by atoms with E-state index >= 15 is 0 Å². The summed E-state index contributed by atoms with van der Waals surface area (Å²) >= 11 is 6.17. The minimum Gasteiger partial charge on any atom is -0.327 e. The molecule has 2 aliphatic rings. The first-order chi connectivity index (χ1) is 9.24. The molecule has 2 N–H and O–H groups in total. The third kappa shape index (κ3) is 2.77. The molecule has 1 aromatic rings. The first-order valence-corrected chi connectivity index (χ1v) is 7.47. The minimum absolute atomic E-state index is 0.285. The highest BCUT2D eigenvalue weighted by Gasteiger charge is 2.33. The van der Waals surface area contributed by atoms with Gasteiger partial charge in [-0.15, -0.1) is 0 Å². The maximum atomic E-state index is 6.37. The highest BCUT2D eigenvalue weighted by atomic mass is 35.5. The van der Waals surface area contributed by atoms with Crippen LogP contribution in [0.4, 0.5) is 0 Å². The Morgan fingerprint density at radius 2 is 1.89 bits per heavy atom. The number of fused-ring (bicyclic) bond motifs is 1. The molecule has 19 heavy (non-hydrogen) atoms. The molecule has 3 atom stereocenters. The van der Waals surface area contributed by atoms with E-state index in [1.54, 1.807) is 0 Å². The van der Waals surface area contributed by atoms with Crippen LogP contribution in [-0.2, 0) is 6.42 Å². The van der Waals surface area contributed by atoms with Gasteiger partial charge in [0.15, 0.2) is 0 Å². The van der Waals surface area contributed by atoms with Crippen LogP contribution < -0.4 is 5.73 Å². The van der Waals surface area contributed by atoms with Crippen molar-refractivity contribution in [3.05, 3.63) is 58.7 Å². The van der Waals surface area contributed by atoms with Gasteiger partial charge in [0.2, 0.25) is 0 Å². The lowest BCUT2D eigenvalue weighted by Crippen LogP contribution is -2.39. The van der Waals surface area contributed by atoms with E-state index in [0.29, 0.717) is 11.8 Å². The van der Waals surface area contributed by atoms with E-state index < -0.39 is 0 Å². The highest BCUT2D eigenvalue weighted by molar-refractivity contribution is 6.29. The molecule has 0 aromatic heterocycles. The molecule has 1 fully saturated rings. The first kappa shape index (κ1) is 13.0. The molecule has 2 heteroatoms. The average molecular weight is 274 g/mol. The van der Waals surface area contributed by atoms with Gasteiger partial charge in [0.1, 0.15) is 0 Å². The Bertz CT molecular complexity index is 503. The molecule has 1 nitrogen and oxygen atoms in total. The van der Waals surface area contributed by atoms with Crippen LogP contribution in [0.25, 0.3) is 0 Å². The first-order valence-electron chi connectivity index (χ1n) is 7.09. The van der Waals surface area contributed by atoms with Gasteiger partial charge in [-0.2, -0.15) is 0 Å². The van der Waals surface area contributed by atoms with E-state index in [4.69, 9.17) is 17.3 Å². The number of rotatable bonds is 2. The molecule has 3 unspecified atom stereocenters. The summed E-state index contributed by atoms with van der Waals surface area (Å²) in [6.45, 7) is 0. The van der Waals surface area contributed by atoms with Gasteiger partial charge in [-0.3, -0.25) is 0 Å². The van der Waals surface area contributed by atoms with Crippen LogP contribution in [0, 0.1) is 11.8 Å². The van der Waals surface area contributed by atoms with E-state index in [-0.39, 0.29) is 6.04 Å². The fraction of sp³-hybridized carbons (Fsp3) is 0.412. The van der Waals surface area contributed by atoms with Crippen molar-refractivity contribution >= 4 is 11.6 Å². The molecule has 1 aromatic carbocycles. The lowest BCUT2D eigenvalue weighted by atomic mass is 9.69. The molecule has 100 valence electrons. The molecule has 0 heterocycles. The van der Waals surface area contributed by atoms with Crippen molar-refractivity contribution in [3.63, 3.8) is 0 Å². The van der Waals surface area contributed by atoms with Gasteiger partial charge in [0.25, 0.3) is 0 Å². The molecule has 3 rings (SSSR count). The number of halogens is 1. The van der Waals surface area contributed by atoms with Gasteiger partial charge in [-0.1, -0.05) is 53.6 Å². The average Bonchev–Trinajstić information content (AvgIpc) is 2.43. The predicted molar refractivity (Wildman–Crippen MR) is 81.0 cm³/mol. The van der Waals surface area contributed by atoms with E-state index in [0.717, 1.165) is 24.3 Å². The van der Waals surface area contributed by atoms with Crippen LogP contribution >= 0.6 is 11.6 Å². The van der Waals surface area contributed by atoms with Gasteiger partial charge >= 0.3 is 0 Å². The predicted octanol–water partition coefficient (Wildman–Crippen LogP) is 4.04. The normalized spacial score (nSPS) is 30.3. The van der Waals surface area contributed by atoms with E-state index in [9.17, 15) is 0 Å². The van der Waals surface area contributed by atoms with Crippen molar-refractivity contribution in [2.75, 3.05) is 0 Å². The Kier molecular flexibility index (Phi) is 3.76. The second kappa shape index (κ2) is 5.52. The van der Waals surface area contributed by atoms with Gasteiger partial charge in [-0.05, 0) is 49.2 Å². The third-order valence-electron chi connectivity index (χ3n) is 4.46. The van der Waals surface area contributed by atoms with E-state index in [2.05, 4.69) is 42.5 Å². The number of benzene rings is 1. The van der Waals surface area contributed by atoms with Crippen LogP contribution in [0.5, 0.6) is 0 Å². The van der Waals surface area contributed by atoms with E-state index in [1.807, 2.05) is 0 Å². The summed E-state index contributed by atoms with van der Waals surface area (Å²) in [6, 6.07) is 11.0. The molecular weight excluding hydrogens is 254 g/mol. The number of hydrogen-bond acceptors (Lipinski definition) is 1. The second-order valence-corrected chi connectivity index (χ2v) is 6.20. The fourth-order valence-electron chi connectivity index (χ4n) is 3.42. The van der Waals surface area contributed by atoms with Gasteiger partial charge < -0.3 is 5.73 Å². The molecule has 0 radical (unpaired) electrons. The summed E-state index contributed by atoms with van der Waals surface area (Å²) in [5, 5.41) is 0.989. The van der Waals surface area contributed by atoms with Crippen molar-refractivity contribution < 1.29 is 0 Å². The van der Waals surface area contributed by atoms with Crippen LogP contribution in [0.3, 0.4) is 0 Å². The maximum absolute atomic E-state index is 6.37. The van der Waals surface area contributed by atoms with Crippen molar-refractivity contribution in [1.29, 1.82) is 0 Å². The van der Waals surface area contributed by atoms with Crippen LogP contribution in [0.1, 0.15) is 24.8 Å². The Balaban J connectivity index is 1.85. The molecular formula is C17H20ClN. The second-order valence-electron chi connectivity index (χ2n) is 5.72. The number of hydrogen-bond donors (Lipinski definition) is 1. The van der Waals surface area contributed by atoms with Crippen LogP contribution in [0.2, 0.25) is 0 Å². The van der Waals surface area contributed by atoms with Gasteiger partial charge in [-0.25, -0.2) is 0 Å². The Morgan fingerprint density at radius 1 is 1.11 bits per heavy atom. The summed E-state index contributed by atoms with van der Waals surface area (Å²) in [6.07, 6.45) is 8.64. The Hall–Kier alpha value is -1.05. The fourth-order valence-corrected chi connectivity index (χ4v) is 3.67. The largest absolute Gasteiger partial charge is 0.327 e. The summed E-state index contributed by atoms with van der Waals surface area (Å²) in [5.41, 5.74) is 9.27. The maximum Gasteiger partial charge on any atom is 0.0186 e. The van der Waals surface area contributed by atoms with Crippen molar-refractivity contribution in [2.45, 2.75) is 31.7 Å². The lowest BCUT2D eigenvalue weighted by molar-refractivity contribution is 0.318. The summed E-state index contributed by atoms with van der Waals surface area (Å²) in [4.78, 5) is 0. The zero-order chi connectivity index (χ0) is 13.2. The molecule has 1 saturated carbocycles. The van der Waals surface area contributed by atoms with Gasteiger partial charge in [0.05, 0.1) is 0 Å². The summed E-state index contributed by atoms with van der Waals surface area (Å²) < 4.78 is 0. The molecule has 0 spiro atoms. The molecule has 0 saturated heterocycles. The zero-order valence-electron chi connectivity index (χ0n) is 11.1.